The van der Waals surface area contributed by atoms with E-state index in [2.05, 4.69) is 38.0 Å². The summed E-state index contributed by atoms with van der Waals surface area (Å²) < 4.78 is 45.2. The van der Waals surface area contributed by atoms with Gasteiger partial charge in [0.05, 0.1) is 6.26 Å². The Labute approximate surface area is 130 Å². The van der Waals surface area contributed by atoms with Crippen LogP contribution < -0.4 is 0 Å². The second-order valence-electron chi connectivity index (χ2n) is 6.40. The minimum absolute atomic E-state index is 0.170. The van der Waals surface area contributed by atoms with Crippen molar-refractivity contribution in [2.75, 3.05) is 19.5 Å². The normalized spacial score (nSPS) is 14.5. The molecule has 0 radical (unpaired) electrons. The molecule has 0 bridgehead atoms. The summed E-state index contributed by atoms with van der Waals surface area (Å²) in [6.45, 7) is 10.9. The summed E-state index contributed by atoms with van der Waals surface area (Å²) in [5, 5.41) is 0.170. The van der Waals surface area contributed by atoms with Gasteiger partial charge in [-0.15, -0.1) is 0 Å². The lowest BCUT2D eigenvalue weighted by atomic mass is 10.1. The molecule has 0 aromatic carbocycles. The molecule has 0 rings (SSSR count). The second-order valence-corrected chi connectivity index (χ2v) is 12.7. The van der Waals surface area contributed by atoms with Crippen LogP contribution in [-0.4, -0.2) is 36.2 Å². The molecule has 0 aliphatic carbocycles. The molecule has 21 heavy (non-hydrogen) atoms. The lowest BCUT2D eigenvalue weighted by Crippen LogP contribution is -2.42. The number of rotatable bonds is 10. The summed E-state index contributed by atoms with van der Waals surface area (Å²) in [5.41, 5.74) is 0. The van der Waals surface area contributed by atoms with E-state index < -0.39 is 30.9 Å². The van der Waals surface area contributed by atoms with Crippen molar-refractivity contribution in [3.63, 3.8) is 0 Å². The van der Waals surface area contributed by atoms with Crippen molar-refractivity contribution in [2.24, 2.45) is 0 Å². The molecule has 7 heteroatoms. The third-order valence-electron chi connectivity index (χ3n) is 3.86. The van der Waals surface area contributed by atoms with Crippen molar-refractivity contribution in [3.8, 4) is 0 Å². The van der Waals surface area contributed by atoms with E-state index in [0.717, 1.165) is 19.1 Å². The molecule has 0 aromatic heterocycles. The van der Waals surface area contributed by atoms with E-state index in [-0.39, 0.29) is 5.04 Å². The SMILES string of the molecule is CCCC(C)(C)[Si](C)(C)OCC/C=C(\F)COS(C)(=O)=O. The van der Waals surface area contributed by atoms with Crippen molar-refractivity contribution < 1.29 is 21.4 Å². The highest BCUT2D eigenvalue weighted by molar-refractivity contribution is 7.85. The van der Waals surface area contributed by atoms with Gasteiger partial charge in [-0.05, 0) is 37.0 Å². The summed E-state index contributed by atoms with van der Waals surface area (Å²) in [5.74, 6) is -0.587. The van der Waals surface area contributed by atoms with E-state index in [1.807, 2.05) is 0 Å². The average molecular weight is 341 g/mol. The molecular weight excluding hydrogens is 311 g/mol. The molecular formula is C14H29FO4SSi. The molecule has 0 aliphatic rings. The molecule has 0 heterocycles. The molecule has 0 saturated heterocycles. The molecule has 0 spiro atoms. The van der Waals surface area contributed by atoms with Crippen molar-refractivity contribution in [2.45, 2.75) is 58.2 Å². The first-order chi connectivity index (χ1) is 9.41. The molecule has 0 N–H and O–H groups in total. The highest BCUT2D eigenvalue weighted by Gasteiger charge is 2.39. The number of hydrogen-bond donors (Lipinski definition) is 0. The highest BCUT2D eigenvalue weighted by Crippen LogP contribution is 2.41. The van der Waals surface area contributed by atoms with Crippen LogP contribution in [0.2, 0.25) is 18.1 Å². The van der Waals surface area contributed by atoms with Crippen LogP contribution in [0.25, 0.3) is 0 Å². The quantitative estimate of drug-likeness (QED) is 0.342. The predicted octanol–water partition coefficient (Wildman–Crippen LogP) is 4.01. The van der Waals surface area contributed by atoms with Crippen molar-refractivity contribution in [3.05, 3.63) is 11.9 Å². The molecule has 0 aliphatic heterocycles. The minimum atomic E-state index is -3.60. The molecule has 126 valence electrons. The first-order valence-corrected chi connectivity index (χ1v) is 12.0. The molecule has 0 saturated carbocycles. The largest absolute Gasteiger partial charge is 0.417 e. The van der Waals surface area contributed by atoms with Crippen molar-refractivity contribution in [1.82, 2.24) is 0 Å². The first kappa shape index (κ1) is 20.8. The van der Waals surface area contributed by atoms with Gasteiger partial charge >= 0.3 is 0 Å². The van der Waals surface area contributed by atoms with Crippen molar-refractivity contribution >= 4 is 18.4 Å². The summed E-state index contributed by atoms with van der Waals surface area (Å²) in [6.07, 6.45) is 4.86. The van der Waals surface area contributed by atoms with Gasteiger partial charge in [0.1, 0.15) is 12.4 Å². The lowest BCUT2D eigenvalue weighted by Gasteiger charge is -2.39. The Balaban J connectivity index is 4.25. The Bertz CT molecular complexity index is 444. The van der Waals surface area contributed by atoms with Crippen LogP contribution in [0.3, 0.4) is 0 Å². The van der Waals surface area contributed by atoms with Crippen LogP contribution in [0.5, 0.6) is 0 Å². The van der Waals surface area contributed by atoms with Gasteiger partial charge in [-0.25, -0.2) is 4.39 Å². The average Bonchev–Trinajstić information content (AvgIpc) is 2.31. The zero-order valence-electron chi connectivity index (χ0n) is 14.0. The maximum absolute atomic E-state index is 13.3. The van der Waals surface area contributed by atoms with E-state index in [1.54, 1.807) is 0 Å². The van der Waals surface area contributed by atoms with Gasteiger partial charge in [-0.2, -0.15) is 8.42 Å². The fourth-order valence-electron chi connectivity index (χ4n) is 1.87. The van der Waals surface area contributed by atoms with Crippen LogP contribution in [0.15, 0.2) is 11.9 Å². The van der Waals surface area contributed by atoms with Gasteiger partial charge in [0.15, 0.2) is 8.32 Å². The summed E-state index contributed by atoms with van der Waals surface area (Å²) >= 11 is 0. The Kier molecular flexibility index (Phi) is 8.31. The highest BCUT2D eigenvalue weighted by atomic mass is 32.2. The van der Waals surface area contributed by atoms with E-state index in [9.17, 15) is 12.8 Å². The zero-order chi connectivity index (χ0) is 16.7. The minimum Gasteiger partial charge on any atom is -0.417 e. The second kappa shape index (κ2) is 8.41. The topological polar surface area (TPSA) is 52.6 Å². The van der Waals surface area contributed by atoms with Crippen LogP contribution in [0.4, 0.5) is 4.39 Å². The molecule has 0 unspecified atom stereocenters. The third kappa shape index (κ3) is 8.70. The monoisotopic (exact) mass is 340 g/mol. The predicted molar refractivity (Wildman–Crippen MR) is 87.0 cm³/mol. The van der Waals surface area contributed by atoms with Crippen LogP contribution in [0, 0.1) is 0 Å². The third-order valence-corrected chi connectivity index (χ3v) is 8.84. The Morgan fingerprint density at radius 2 is 1.90 bits per heavy atom. The maximum atomic E-state index is 13.3. The Morgan fingerprint density at radius 1 is 1.33 bits per heavy atom. The first-order valence-electron chi connectivity index (χ1n) is 7.24. The van der Waals surface area contributed by atoms with E-state index >= 15 is 0 Å². The van der Waals surface area contributed by atoms with Gasteiger partial charge in [-0.1, -0.05) is 27.2 Å². The fraction of sp³-hybridized carbons (Fsp3) is 0.857. The van der Waals surface area contributed by atoms with Crippen LogP contribution >= 0.6 is 0 Å². The van der Waals surface area contributed by atoms with Gasteiger partial charge in [0.25, 0.3) is 10.1 Å². The summed E-state index contributed by atoms with van der Waals surface area (Å²) in [4.78, 5) is 0. The van der Waals surface area contributed by atoms with Gasteiger partial charge in [-0.3, -0.25) is 4.18 Å². The fourth-order valence-corrected chi connectivity index (χ4v) is 4.07. The lowest BCUT2D eigenvalue weighted by molar-refractivity contribution is 0.283. The smallest absolute Gasteiger partial charge is 0.264 e. The van der Waals surface area contributed by atoms with Gasteiger partial charge in [0, 0.05) is 6.61 Å². The standard InChI is InChI=1S/C14H29FO4SSi/c1-7-10-14(2,3)21(5,6)19-11-8-9-13(15)12-18-20(4,16)17/h9H,7-8,10-12H2,1-6H3/b13-9-. The summed E-state index contributed by atoms with van der Waals surface area (Å²) in [7, 11) is -5.46. The van der Waals surface area contributed by atoms with Crippen LogP contribution in [-0.2, 0) is 18.7 Å². The Hall–Kier alpha value is -0.243. The van der Waals surface area contributed by atoms with Gasteiger partial charge < -0.3 is 4.43 Å². The number of hydrogen-bond acceptors (Lipinski definition) is 4. The molecule has 4 nitrogen and oxygen atoms in total. The van der Waals surface area contributed by atoms with E-state index in [1.165, 1.54) is 6.08 Å². The van der Waals surface area contributed by atoms with E-state index in [4.69, 9.17) is 4.43 Å². The molecule has 0 fully saturated rings. The Morgan fingerprint density at radius 3 is 2.38 bits per heavy atom. The van der Waals surface area contributed by atoms with Crippen molar-refractivity contribution in [1.29, 1.82) is 0 Å². The molecule has 0 aromatic rings. The molecule has 0 amide bonds. The maximum Gasteiger partial charge on any atom is 0.264 e. The zero-order valence-corrected chi connectivity index (χ0v) is 15.8. The van der Waals surface area contributed by atoms with Crippen LogP contribution in [0.1, 0.15) is 40.0 Å². The molecule has 0 atom stereocenters. The summed E-state index contributed by atoms with van der Waals surface area (Å²) in [6, 6.07) is 0. The van der Waals surface area contributed by atoms with E-state index in [0.29, 0.717) is 13.0 Å². The number of halogens is 1. The van der Waals surface area contributed by atoms with Gasteiger partial charge in [0.2, 0.25) is 0 Å².